The lowest BCUT2D eigenvalue weighted by Crippen LogP contribution is -2.35. The van der Waals surface area contributed by atoms with Gasteiger partial charge in [-0.2, -0.15) is 0 Å². The van der Waals surface area contributed by atoms with Gasteiger partial charge < -0.3 is 5.32 Å². The molecule has 2 rings (SSSR count). The Morgan fingerprint density at radius 2 is 2.00 bits per heavy atom. The third-order valence-electron chi connectivity index (χ3n) is 3.61. The van der Waals surface area contributed by atoms with Crippen molar-refractivity contribution in [3.63, 3.8) is 0 Å². The summed E-state index contributed by atoms with van der Waals surface area (Å²) in [5, 5.41) is 3.43. The fraction of sp³-hybridized carbons (Fsp3) is 0.571. The van der Waals surface area contributed by atoms with Crippen LogP contribution in [0.4, 0.5) is 4.39 Å². The Balaban J connectivity index is 2.29. The molecule has 2 atom stereocenters. The molecule has 16 heavy (non-hydrogen) atoms. The van der Waals surface area contributed by atoms with Crippen LogP contribution in [0.5, 0.6) is 0 Å². The maximum atomic E-state index is 13.6. The lowest BCUT2D eigenvalue weighted by Gasteiger charge is -2.29. The van der Waals surface area contributed by atoms with E-state index in [1.165, 1.54) is 11.1 Å². The van der Waals surface area contributed by atoms with Crippen molar-refractivity contribution in [2.45, 2.75) is 45.6 Å². The van der Waals surface area contributed by atoms with Crippen LogP contribution in [0, 0.1) is 19.7 Å². The van der Waals surface area contributed by atoms with E-state index >= 15 is 0 Å². The van der Waals surface area contributed by atoms with Crippen molar-refractivity contribution in [3.05, 3.63) is 34.6 Å². The second kappa shape index (κ2) is 4.54. The number of hydrogen-bond donors (Lipinski definition) is 1. The van der Waals surface area contributed by atoms with Gasteiger partial charge in [-0.15, -0.1) is 0 Å². The molecule has 88 valence electrons. The van der Waals surface area contributed by atoms with Gasteiger partial charge in [0.1, 0.15) is 5.82 Å². The van der Waals surface area contributed by atoms with Gasteiger partial charge in [0.05, 0.1) is 0 Å². The SMILES string of the molecule is Cc1cc(C)c(C2CCNC(C)C2)cc1F. The molecule has 1 aliphatic rings. The number of halogens is 1. The van der Waals surface area contributed by atoms with Crippen LogP contribution in [0.3, 0.4) is 0 Å². The minimum absolute atomic E-state index is 0.0632. The molecule has 1 saturated heterocycles. The largest absolute Gasteiger partial charge is 0.314 e. The summed E-state index contributed by atoms with van der Waals surface area (Å²) in [7, 11) is 0. The van der Waals surface area contributed by atoms with Gasteiger partial charge >= 0.3 is 0 Å². The Kier molecular flexibility index (Phi) is 3.29. The maximum Gasteiger partial charge on any atom is 0.126 e. The minimum Gasteiger partial charge on any atom is -0.314 e. The van der Waals surface area contributed by atoms with Gasteiger partial charge in [0.25, 0.3) is 0 Å². The van der Waals surface area contributed by atoms with Gasteiger partial charge in [0, 0.05) is 6.04 Å². The van der Waals surface area contributed by atoms with E-state index in [0.717, 1.165) is 24.9 Å². The molecule has 2 heteroatoms. The van der Waals surface area contributed by atoms with Crippen LogP contribution < -0.4 is 5.32 Å². The molecular formula is C14H20FN. The standard InChI is InChI=1S/C14H20FN/c1-9-6-10(2)14(15)8-13(9)12-4-5-16-11(3)7-12/h6,8,11-12,16H,4-5,7H2,1-3H3. The fourth-order valence-electron chi connectivity index (χ4n) is 2.70. The quantitative estimate of drug-likeness (QED) is 0.767. The van der Waals surface area contributed by atoms with Crippen molar-refractivity contribution < 1.29 is 4.39 Å². The smallest absolute Gasteiger partial charge is 0.126 e. The topological polar surface area (TPSA) is 12.0 Å². The van der Waals surface area contributed by atoms with Crippen LogP contribution in [0.25, 0.3) is 0 Å². The van der Waals surface area contributed by atoms with Crippen molar-refractivity contribution >= 4 is 0 Å². The van der Waals surface area contributed by atoms with Crippen LogP contribution in [-0.4, -0.2) is 12.6 Å². The van der Waals surface area contributed by atoms with Crippen molar-refractivity contribution in [1.82, 2.24) is 5.32 Å². The highest BCUT2D eigenvalue weighted by Crippen LogP contribution is 2.31. The lowest BCUT2D eigenvalue weighted by atomic mass is 9.84. The van der Waals surface area contributed by atoms with Crippen molar-refractivity contribution in [3.8, 4) is 0 Å². The van der Waals surface area contributed by atoms with Crippen LogP contribution in [0.15, 0.2) is 12.1 Å². The summed E-state index contributed by atoms with van der Waals surface area (Å²) in [6.45, 7) is 7.17. The van der Waals surface area contributed by atoms with Crippen molar-refractivity contribution in [2.24, 2.45) is 0 Å². The first-order chi connectivity index (χ1) is 7.58. The molecule has 1 N–H and O–H groups in total. The summed E-state index contributed by atoms with van der Waals surface area (Å²) in [4.78, 5) is 0. The summed E-state index contributed by atoms with van der Waals surface area (Å²) in [5.74, 6) is 0.457. The monoisotopic (exact) mass is 221 g/mol. The third-order valence-corrected chi connectivity index (χ3v) is 3.61. The summed E-state index contributed by atoms with van der Waals surface area (Å²) in [6, 6.07) is 4.26. The molecule has 0 aliphatic carbocycles. The zero-order chi connectivity index (χ0) is 11.7. The Morgan fingerprint density at radius 1 is 1.25 bits per heavy atom. The molecule has 1 aliphatic heterocycles. The average Bonchev–Trinajstić information content (AvgIpc) is 2.23. The zero-order valence-electron chi connectivity index (χ0n) is 10.3. The third kappa shape index (κ3) is 2.27. The van der Waals surface area contributed by atoms with E-state index in [-0.39, 0.29) is 5.82 Å². The van der Waals surface area contributed by atoms with E-state index < -0.39 is 0 Å². The molecule has 0 amide bonds. The highest BCUT2D eigenvalue weighted by molar-refractivity contribution is 5.34. The number of rotatable bonds is 1. The molecule has 0 radical (unpaired) electrons. The number of piperidine rings is 1. The van der Waals surface area contributed by atoms with Crippen molar-refractivity contribution in [2.75, 3.05) is 6.54 Å². The van der Waals surface area contributed by atoms with E-state index in [4.69, 9.17) is 0 Å². The molecule has 0 aromatic heterocycles. The van der Waals surface area contributed by atoms with E-state index in [1.807, 2.05) is 13.0 Å². The van der Waals surface area contributed by atoms with Gasteiger partial charge in [0.15, 0.2) is 0 Å². The first-order valence-corrected chi connectivity index (χ1v) is 6.08. The molecule has 0 bridgehead atoms. The summed E-state index contributed by atoms with van der Waals surface area (Å²) in [6.07, 6.45) is 2.23. The summed E-state index contributed by atoms with van der Waals surface area (Å²) < 4.78 is 13.6. The second-order valence-corrected chi connectivity index (χ2v) is 5.03. The predicted molar refractivity (Wildman–Crippen MR) is 65.3 cm³/mol. The molecule has 1 fully saturated rings. The van der Waals surface area contributed by atoms with Crippen LogP contribution in [0.2, 0.25) is 0 Å². The van der Waals surface area contributed by atoms with Gasteiger partial charge in [-0.25, -0.2) is 4.39 Å². The highest BCUT2D eigenvalue weighted by atomic mass is 19.1. The minimum atomic E-state index is -0.0632. The Hall–Kier alpha value is -0.890. The Labute approximate surface area is 97.1 Å². The molecule has 0 spiro atoms. The van der Waals surface area contributed by atoms with Crippen LogP contribution in [0.1, 0.15) is 42.4 Å². The Morgan fingerprint density at radius 3 is 2.69 bits per heavy atom. The zero-order valence-corrected chi connectivity index (χ0v) is 10.3. The van der Waals surface area contributed by atoms with Crippen LogP contribution in [-0.2, 0) is 0 Å². The number of nitrogens with one attached hydrogen (secondary N) is 1. The molecule has 1 nitrogen and oxygen atoms in total. The molecular weight excluding hydrogens is 201 g/mol. The molecule has 0 saturated carbocycles. The predicted octanol–water partition coefficient (Wildman–Crippen LogP) is 3.30. The molecule has 1 aromatic carbocycles. The molecule has 1 heterocycles. The number of benzene rings is 1. The van der Waals surface area contributed by atoms with E-state index in [2.05, 4.69) is 19.2 Å². The second-order valence-electron chi connectivity index (χ2n) is 5.03. The van der Waals surface area contributed by atoms with E-state index in [1.54, 1.807) is 6.07 Å². The normalized spacial score (nSPS) is 25.8. The van der Waals surface area contributed by atoms with Gasteiger partial charge in [0.2, 0.25) is 0 Å². The highest BCUT2D eigenvalue weighted by Gasteiger charge is 2.21. The van der Waals surface area contributed by atoms with E-state index in [0.29, 0.717) is 12.0 Å². The maximum absolute atomic E-state index is 13.6. The van der Waals surface area contributed by atoms with Crippen molar-refractivity contribution in [1.29, 1.82) is 0 Å². The number of aryl methyl sites for hydroxylation is 2. The summed E-state index contributed by atoms with van der Waals surface area (Å²) in [5.41, 5.74) is 3.19. The first-order valence-electron chi connectivity index (χ1n) is 6.08. The molecule has 1 aromatic rings. The average molecular weight is 221 g/mol. The number of hydrogen-bond acceptors (Lipinski definition) is 1. The first kappa shape index (κ1) is 11.6. The molecule has 2 unspecified atom stereocenters. The van der Waals surface area contributed by atoms with E-state index in [9.17, 15) is 4.39 Å². The summed E-state index contributed by atoms with van der Waals surface area (Å²) >= 11 is 0. The Bertz CT molecular complexity index is 387. The van der Waals surface area contributed by atoms with Gasteiger partial charge in [-0.05, 0) is 68.8 Å². The lowest BCUT2D eigenvalue weighted by molar-refractivity contribution is 0.379. The van der Waals surface area contributed by atoms with Gasteiger partial charge in [-0.1, -0.05) is 6.07 Å². The fourth-order valence-corrected chi connectivity index (χ4v) is 2.70. The van der Waals surface area contributed by atoms with Gasteiger partial charge in [-0.3, -0.25) is 0 Å². The van der Waals surface area contributed by atoms with Crippen LogP contribution >= 0.6 is 0 Å².